The average Bonchev–Trinajstić information content (AvgIpc) is 2.38. The molecule has 0 saturated carbocycles. The molecule has 0 fully saturated rings. The van der Waals surface area contributed by atoms with Gasteiger partial charge in [-0.3, -0.25) is 0 Å². The maximum Gasteiger partial charge on any atom is 0.124 e. The quantitative estimate of drug-likeness (QED) is 0.591. The zero-order chi connectivity index (χ0) is 13.4. The number of benzene rings is 1. The summed E-state index contributed by atoms with van der Waals surface area (Å²) in [7, 11) is 0. The largest absolute Gasteiger partial charge is 0.492 e. The van der Waals surface area contributed by atoms with Gasteiger partial charge in [0, 0.05) is 18.0 Å². The van der Waals surface area contributed by atoms with E-state index < -0.39 is 0 Å². The number of terminal acetylenes is 1. The Bertz CT molecular complexity index is 411. The van der Waals surface area contributed by atoms with Crippen molar-refractivity contribution in [1.29, 1.82) is 0 Å². The van der Waals surface area contributed by atoms with Crippen LogP contribution < -0.4 is 10.1 Å². The van der Waals surface area contributed by atoms with E-state index in [1.807, 2.05) is 6.92 Å². The summed E-state index contributed by atoms with van der Waals surface area (Å²) >= 11 is 0. The zero-order valence-electron chi connectivity index (χ0n) is 11.0. The Balaban J connectivity index is 2.79. The molecule has 0 aliphatic rings. The Hall–Kier alpha value is -1.53. The van der Waals surface area contributed by atoms with Crippen LogP contribution in [0.15, 0.2) is 18.2 Å². The second-order valence-corrected chi connectivity index (χ2v) is 4.16. The van der Waals surface area contributed by atoms with Crippen LogP contribution in [0.25, 0.3) is 0 Å². The third kappa shape index (κ3) is 4.38. The summed E-state index contributed by atoms with van der Waals surface area (Å²) in [6.07, 6.45) is 6.76. The maximum atomic E-state index is 13.3. The number of rotatable bonds is 7. The fourth-order valence-electron chi connectivity index (χ4n) is 1.68. The molecule has 0 aliphatic carbocycles. The number of hydrogen-bond donors (Lipinski definition) is 1. The molecule has 1 atom stereocenters. The minimum Gasteiger partial charge on any atom is -0.492 e. The van der Waals surface area contributed by atoms with Crippen molar-refractivity contribution in [2.24, 2.45) is 0 Å². The molecule has 18 heavy (non-hydrogen) atoms. The van der Waals surface area contributed by atoms with Crippen molar-refractivity contribution < 1.29 is 9.13 Å². The summed E-state index contributed by atoms with van der Waals surface area (Å²) < 4.78 is 18.9. The molecule has 0 bridgehead atoms. The van der Waals surface area contributed by atoms with Gasteiger partial charge in [-0.25, -0.2) is 4.39 Å². The molecule has 0 amide bonds. The number of nitrogens with one attached hydrogen (secondary N) is 1. The first-order valence-corrected chi connectivity index (χ1v) is 6.28. The van der Waals surface area contributed by atoms with E-state index in [0.717, 1.165) is 18.5 Å². The molecule has 0 heterocycles. The van der Waals surface area contributed by atoms with Crippen LogP contribution in [0.1, 0.15) is 38.3 Å². The molecule has 1 rings (SSSR count). The maximum absolute atomic E-state index is 13.3. The molecule has 3 heteroatoms. The molecule has 0 radical (unpaired) electrons. The molecule has 0 spiro atoms. The highest BCUT2D eigenvalue weighted by Crippen LogP contribution is 2.26. The van der Waals surface area contributed by atoms with Gasteiger partial charge in [0.25, 0.3) is 0 Å². The molecule has 0 aliphatic heterocycles. The van der Waals surface area contributed by atoms with Gasteiger partial charge in [-0.1, -0.05) is 6.92 Å². The van der Waals surface area contributed by atoms with Gasteiger partial charge in [0.15, 0.2) is 0 Å². The van der Waals surface area contributed by atoms with Crippen molar-refractivity contribution in [3.8, 4) is 18.1 Å². The van der Waals surface area contributed by atoms with Crippen LogP contribution in [0.3, 0.4) is 0 Å². The molecule has 2 nitrogen and oxygen atoms in total. The van der Waals surface area contributed by atoms with Crippen LogP contribution in [0.2, 0.25) is 0 Å². The highest BCUT2D eigenvalue weighted by atomic mass is 19.1. The minimum absolute atomic E-state index is 0.0569. The van der Waals surface area contributed by atoms with Crippen molar-refractivity contribution in [3.05, 3.63) is 29.6 Å². The van der Waals surface area contributed by atoms with Crippen molar-refractivity contribution in [2.75, 3.05) is 13.2 Å². The lowest BCUT2D eigenvalue weighted by atomic mass is 10.1. The standard InChI is InChI=1S/C15H20FNO/c1-4-6-10-18-15-8-7-13(16)11-14(15)12(3)17-9-5-2/h1,7-8,11-12,17H,5-6,9-10H2,2-3H3. The first kappa shape index (κ1) is 14.5. The molecule has 0 saturated heterocycles. The van der Waals surface area contributed by atoms with Gasteiger partial charge in [-0.2, -0.15) is 0 Å². The van der Waals surface area contributed by atoms with Gasteiger partial charge in [-0.05, 0) is 38.1 Å². The second-order valence-electron chi connectivity index (χ2n) is 4.16. The van der Waals surface area contributed by atoms with Crippen molar-refractivity contribution in [2.45, 2.75) is 32.7 Å². The van der Waals surface area contributed by atoms with Crippen LogP contribution in [-0.4, -0.2) is 13.2 Å². The molecule has 1 unspecified atom stereocenters. The summed E-state index contributed by atoms with van der Waals surface area (Å²) in [5.74, 6) is 2.96. The minimum atomic E-state index is -0.251. The van der Waals surface area contributed by atoms with Crippen LogP contribution in [0.5, 0.6) is 5.75 Å². The molecule has 1 aromatic carbocycles. The monoisotopic (exact) mass is 249 g/mol. The zero-order valence-corrected chi connectivity index (χ0v) is 11.0. The normalized spacial score (nSPS) is 11.9. The van der Waals surface area contributed by atoms with Gasteiger partial charge in [-0.15, -0.1) is 12.3 Å². The molecule has 1 aromatic rings. The first-order valence-electron chi connectivity index (χ1n) is 6.28. The molecular formula is C15H20FNO. The topological polar surface area (TPSA) is 21.3 Å². The van der Waals surface area contributed by atoms with E-state index in [1.54, 1.807) is 6.07 Å². The van der Waals surface area contributed by atoms with Gasteiger partial charge in [0.2, 0.25) is 0 Å². The van der Waals surface area contributed by atoms with Crippen molar-refractivity contribution >= 4 is 0 Å². The Kier molecular flexibility index (Phi) is 6.24. The molecular weight excluding hydrogens is 229 g/mol. The van der Waals surface area contributed by atoms with Crippen LogP contribution >= 0.6 is 0 Å². The Labute approximate surface area is 109 Å². The third-order valence-electron chi connectivity index (χ3n) is 2.64. The van der Waals surface area contributed by atoms with Gasteiger partial charge in [0.1, 0.15) is 11.6 Å². The van der Waals surface area contributed by atoms with Crippen LogP contribution in [0.4, 0.5) is 4.39 Å². The fourth-order valence-corrected chi connectivity index (χ4v) is 1.68. The van der Waals surface area contributed by atoms with Gasteiger partial charge in [0.05, 0.1) is 6.61 Å². The predicted molar refractivity (Wildman–Crippen MR) is 72.1 cm³/mol. The van der Waals surface area contributed by atoms with E-state index in [9.17, 15) is 4.39 Å². The van der Waals surface area contributed by atoms with Crippen LogP contribution in [0, 0.1) is 18.2 Å². The summed E-state index contributed by atoms with van der Waals surface area (Å²) in [5, 5.41) is 3.32. The Morgan fingerprint density at radius 2 is 2.28 bits per heavy atom. The number of halogens is 1. The number of ether oxygens (including phenoxy) is 1. The molecule has 1 N–H and O–H groups in total. The lowest BCUT2D eigenvalue weighted by Gasteiger charge is -2.18. The third-order valence-corrected chi connectivity index (χ3v) is 2.64. The highest BCUT2D eigenvalue weighted by Gasteiger charge is 2.12. The van der Waals surface area contributed by atoms with E-state index in [2.05, 4.69) is 18.2 Å². The number of hydrogen-bond acceptors (Lipinski definition) is 2. The Morgan fingerprint density at radius 1 is 1.50 bits per heavy atom. The second kappa shape index (κ2) is 7.73. The predicted octanol–water partition coefficient (Wildman–Crippen LogP) is 3.29. The highest BCUT2D eigenvalue weighted by molar-refractivity contribution is 5.36. The van der Waals surface area contributed by atoms with Gasteiger partial charge >= 0.3 is 0 Å². The molecule has 98 valence electrons. The van der Waals surface area contributed by atoms with E-state index in [-0.39, 0.29) is 11.9 Å². The first-order chi connectivity index (χ1) is 8.69. The summed E-state index contributed by atoms with van der Waals surface area (Å²) in [4.78, 5) is 0. The van der Waals surface area contributed by atoms with Crippen LogP contribution in [-0.2, 0) is 0 Å². The SMILES string of the molecule is C#CCCOc1ccc(F)cc1C(C)NCCC. The Morgan fingerprint density at radius 3 is 2.94 bits per heavy atom. The smallest absolute Gasteiger partial charge is 0.124 e. The average molecular weight is 249 g/mol. The fraction of sp³-hybridized carbons (Fsp3) is 0.467. The summed E-state index contributed by atoms with van der Waals surface area (Å²) in [6, 6.07) is 4.63. The summed E-state index contributed by atoms with van der Waals surface area (Å²) in [5.41, 5.74) is 0.834. The van der Waals surface area contributed by atoms with Gasteiger partial charge < -0.3 is 10.1 Å². The lowest BCUT2D eigenvalue weighted by molar-refractivity contribution is 0.319. The molecule has 0 aromatic heterocycles. The lowest BCUT2D eigenvalue weighted by Crippen LogP contribution is -2.20. The van der Waals surface area contributed by atoms with Crippen molar-refractivity contribution in [3.63, 3.8) is 0 Å². The van der Waals surface area contributed by atoms with E-state index in [1.165, 1.54) is 12.1 Å². The van der Waals surface area contributed by atoms with E-state index in [0.29, 0.717) is 18.8 Å². The summed E-state index contributed by atoms with van der Waals surface area (Å²) in [6.45, 7) is 5.44. The van der Waals surface area contributed by atoms with Crippen molar-refractivity contribution in [1.82, 2.24) is 5.32 Å². The van der Waals surface area contributed by atoms with E-state index in [4.69, 9.17) is 11.2 Å². The van der Waals surface area contributed by atoms with E-state index >= 15 is 0 Å².